The molecule has 0 aromatic carbocycles. The average molecular weight is 284 g/mol. The van der Waals surface area contributed by atoms with Crippen LogP contribution < -0.4 is 5.32 Å². The maximum Gasteiger partial charge on any atom is 0.307 e. The first-order valence-corrected chi connectivity index (χ1v) is 7.54. The predicted octanol–water partition coefficient (Wildman–Crippen LogP) is 1.46. The predicted molar refractivity (Wildman–Crippen MR) is 76.1 cm³/mol. The van der Waals surface area contributed by atoms with E-state index in [1.807, 2.05) is 35.3 Å². The Morgan fingerprint density at radius 2 is 2.05 bits per heavy atom. The molecule has 1 atom stereocenters. The summed E-state index contributed by atoms with van der Waals surface area (Å²) in [6.45, 7) is 0.308. The van der Waals surface area contributed by atoms with Crippen molar-refractivity contribution in [3.8, 4) is 0 Å². The summed E-state index contributed by atoms with van der Waals surface area (Å²) in [5, 5.41) is 2.78. The number of carbonyl (C=O) groups excluding carboxylic acids is 2. The SMILES string of the molecule is COC(=O)CCNC(=O)C(CCSC)n1cccc1. The molecular weight excluding hydrogens is 264 g/mol. The number of hydrogen-bond acceptors (Lipinski definition) is 4. The molecule has 0 saturated heterocycles. The van der Waals surface area contributed by atoms with Crippen LogP contribution in [0.2, 0.25) is 0 Å². The Bertz CT molecular complexity index is 393. The number of nitrogens with one attached hydrogen (secondary N) is 1. The molecule has 5 nitrogen and oxygen atoms in total. The van der Waals surface area contributed by atoms with Gasteiger partial charge < -0.3 is 14.6 Å². The van der Waals surface area contributed by atoms with Gasteiger partial charge in [-0.25, -0.2) is 0 Å². The summed E-state index contributed by atoms with van der Waals surface area (Å²) in [5.41, 5.74) is 0. The highest BCUT2D eigenvalue weighted by Crippen LogP contribution is 2.15. The van der Waals surface area contributed by atoms with Crippen LogP contribution in [0.3, 0.4) is 0 Å². The standard InChI is InChI=1S/C13H20N2O3S/c1-18-12(16)5-7-14-13(17)11(6-10-19-2)15-8-3-4-9-15/h3-4,8-9,11H,5-7,10H2,1-2H3,(H,14,17). The van der Waals surface area contributed by atoms with Crippen LogP contribution in [-0.4, -0.2) is 42.1 Å². The summed E-state index contributed by atoms with van der Waals surface area (Å²) < 4.78 is 6.42. The molecule has 1 aromatic heterocycles. The fourth-order valence-electron chi connectivity index (χ4n) is 1.71. The summed E-state index contributed by atoms with van der Waals surface area (Å²) in [5.74, 6) is 0.531. The van der Waals surface area contributed by atoms with Gasteiger partial charge in [0.15, 0.2) is 0 Å². The van der Waals surface area contributed by atoms with E-state index in [1.165, 1.54) is 7.11 Å². The first-order chi connectivity index (χ1) is 9.19. The third-order valence-corrected chi connectivity index (χ3v) is 3.39. The minimum atomic E-state index is -0.318. The molecule has 106 valence electrons. The van der Waals surface area contributed by atoms with Gasteiger partial charge in [-0.2, -0.15) is 11.8 Å². The second-order valence-corrected chi connectivity index (χ2v) is 5.03. The Balaban J connectivity index is 2.50. The monoisotopic (exact) mass is 284 g/mol. The van der Waals surface area contributed by atoms with Gasteiger partial charge >= 0.3 is 5.97 Å². The highest BCUT2D eigenvalue weighted by Gasteiger charge is 2.18. The van der Waals surface area contributed by atoms with Gasteiger partial charge in [-0.05, 0) is 30.6 Å². The summed E-state index contributed by atoms with van der Waals surface area (Å²) in [7, 11) is 1.34. The van der Waals surface area contributed by atoms with Gasteiger partial charge in [-0.3, -0.25) is 9.59 Å². The third kappa shape index (κ3) is 5.38. The number of thioether (sulfide) groups is 1. The topological polar surface area (TPSA) is 60.3 Å². The second kappa shape index (κ2) is 8.63. The number of esters is 1. The molecule has 1 unspecified atom stereocenters. The third-order valence-electron chi connectivity index (χ3n) is 2.74. The molecule has 0 fully saturated rings. The molecule has 1 amide bonds. The Labute approximate surface area is 117 Å². The van der Waals surface area contributed by atoms with E-state index >= 15 is 0 Å². The van der Waals surface area contributed by atoms with Crippen molar-refractivity contribution in [2.24, 2.45) is 0 Å². The largest absolute Gasteiger partial charge is 0.469 e. The molecular formula is C13H20N2O3S. The molecule has 19 heavy (non-hydrogen) atoms. The van der Waals surface area contributed by atoms with Gasteiger partial charge in [0.1, 0.15) is 6.04 Å². The van der Waals surface area contributed by atoms with Crippen molar-refractivity contribution < 1.29 is 14.3 Å². The number of methoxy groups -OCH3 is 1. The molecule has 0 spiro atoms. The lowest BCUT2D eigenvalue weighted by Crippen LogP contribution is -2.34. The zero-order chi connectivity index (χ0) is 14.1. The molecule has 6 heteroatoms. The lowest BCUT2D eigenvalue weighted by molar-refractivity contribution is -0.140. The Morgan fingerprint density at radius 3 is 2.63 bits per heavy atom. The molecule has 0 radical (unpaired) electrons. The maximum absolute atomic E-state index is 12.1. The molecule has 0 saturated carbocycles. The first kappa shape index (κ1) is 15.6. The summed E-state index contributed by atoms with van der Waals surface area (Å²) in [6.07, 6.45) is 6.74. The lowest BCUT2D eigenvalue weighted by Gasteiger charge is -2.18. The van der Waals surface area contributed by atoms with E-state index < -0.39 is 0 Å². The van der Waals surface area contributed by atoms with Crippen LogP contribution in [0.25, 0.3) is 0 Å². The van der Waals surface area contributed by atoms with Crippen LogP contribution in [0.5, 0.6) is 0 Å². The van der Waals surface area contributed by atoms with Crippen LogP contribution in [0, 0.1) is 0 Å². The van der Waals surface area contributed by atoms with E-state index in [0.717, 1.165) is 12.2 Å². The van der Waals surface area contributed by atoms with Gasteiger partial charge in [0.25, 0.3) is 0 Å². The highest BCUT2D eigenvalue weighted by molar-refractivity contribution is 7.98. The quantitative estimate of drug-likeness (QED) is 0.734. The van der Waals surface area contributed by atoms with Crippen molar-refractivity contribution in [2.45, 2.75) is 18.9 Å². The van der Waals surface area contributed by atoms with E-state index in [-0.39, 0.29) is 24.3 Å². The van der Waals surface area contributed by atoms with Crippen LogP contribution in [0.15, 0.2) is 24.5 Å². The van der Waals surface area contributed by atoms with Crippen molar-refractivity contribution in [2.75, 3.05) is 25.7 Å². The van der Waals surface area contributed by atoms with Crippen molar-refractivity contribution in [1.82, 2.24) is 9.88 Å². The fraction of sp³-hybridized carbons (Fsp3) is 0.538. The zero-order valence-electron chi connectivity index (χ0n) is 11.3. The molecule has 1 N–H and O–H groups in total. The lowest BCUT2D eigenvalue weighted by atomic mass is 10.2. The molecule has 0 aliphatic heterocycles. The number of carbonyl (C=O) groups is 2. The van der Waals surface area contributed by atoms with Crippen LogP contribution >= 0.6 is 11.8 Å². The minimum Gasteiger partial charge on any atom is -0.469 e. The van der Waals surface area contributed by atoms with Gasteiger partial charge in [-0.1, -0.05) is 0 Å². The normalized spacial score (nSPS) is 11.9. The zero-order valence-corrected chi connectivity index (χ0v) is 12.1. The smallest absolute Gasteiger partial charge is 0.307 e. The number of hydrogen-bond donors (Lipinski definition) is 1. The fourth-order valence-corrected chi connectivity index (χ4v) is 2.17. The van der Waals surface area contributed by atoms with Gasteiger partial charge in [0.05, 0.1) is 13.5 Å². The number of ether oxygens (including phenoxy) is 1. The Morgan fingerprint density at radius 1 is 1.37 bits per heavy atom. The minimum absolute atomic E-state index is 0.0610. The van der Waals surface area contributed by atoms with E-state index in [1.54, 1.807) is 11.8 Å². The molecule has 1 aromatic rings. The van der Waals surface area contributed by atoms with Gasteiger partial charge in [0.2, 0.25) is 5.91 Å². The van der Waals surface area contributed by atoms with Gasteiger partial charge in [-0.15, -0.1) is 0 Å². The number of amides is 1. The Kier molecular flexibility index (Phi) is 7.10. The van der Waals surface area contributed by atoms with E-state index in [4.69, 9.17) is 0 Å². The Hall–Kier alpha value is -1.43. The molecule has 0 aliphatic rings. The van der Waals surface area contributed by atoms with Crippen molar-refractivity contribution in [3.05, 3.63) is 24.5 Å². The van der Waals surface area contributed by atoms with Crippen LogP contribution in [0.1, 0.15) is 18.9 Å². The highest BCUT2D eigenvalue weighted by atomic mass is 32.2. The number of nitrogens with zero attached hydrogens (tertiary/aromatic N) is 1. The summed E-state index contributed by atoms with van der Waals surface area (Å²) in [6, 6.07) is 3.57. The van der Waals surface area contributed by atoms with Crippen molar-refractivity contribution >= 4 is 23.6 Å². The average Bonchev–Trinajstić information content (AvgIpc) is 2.93. The van der Waals surface area contributed by atoms with Crippen molar-refractivity contribution in [1.29, 1.82) is 0 Å². The molecule has 0 aliphatic carbocycles. The molecule has 1 heterocycles. The van der Waals surface area contributed by atoms with Crippen LogP contribution in [-0.2, 0) is 14.3 Å². The maximum atomic E-state index is 12.1. The van der Waals surface area contributed by atoms with E-state index in [2.05, 4.69) is 10.1 Å². The molecule has 0 bridgehead atoms. The van der Waals surface area contributed by atoms with Crippen molar-refractivity contribution in [3.63, 3.8) is 0 Å². The second-order valence-electron chi connectivity index (χ2n) is 4.04. The van der Waals surface area contributed by atoms with E-state index in [0.29, 0.717) is 6.54 Å². The number of aromatic nitrogens is 1. The molecule has 1 rings (SSSR count). The summed E-state index contributed by atoms with van der Waals surface area (Å²) in [4.78, 5) is 23.1. The van der Waals surface area contributed by atoms with Gasteiger partial charge in [0, 0.05) is 18.9 Å². The summed E-state index contributed by atoms with van der Waals surface area (Å²) >= 11 is 1.71. The first-order valence-electron chi connectivity index (χ1n) is 6.15. The van der Waals surface area contributed by atoms with Crippen LogP contribution in [0.4, 0.5) is 0 Å². The van der Waals surface area contributed by atoms with E-state index in [9.17, 15) is 9.59 Å². The number of rotatable bonds is 8.